The summed E-state index contributed by atoms with van der Waals surface area (Å²) < 4.78 is 29.5. The first-order valence-corrected chi connectivity index (χ1v) is 14.1. The molecule has 240 valence electrons. The van der Waals surface area contributed by atoms with Crippen LogP contribution in [-0.4, -0.2) is 154 Å². The van der Waals surface area contributed by atoms with Crippen molar-refractivity contribution in [2.45, 2.75) is 130 Å². The van der Waals surface area contributed by atoms with Crippen molar-refractivity contribution in [1.29, 1.82) is 0 Å². The summed E-state index contributed by atoms with van der Waals surface area (Å²) >= 11 is 0. The Balaban J connectivity index is 1.53. The zero-order chi connectivity index (χ0) is 30.3. The highest BCUT2D eigenvalue weighted by atomic mass is 16.7. The van der Waals surface area contributed by atoms with Crippen molar-refractivity contribution in [2.24, 2.45) is 40.3 Å². The summed E-state index contributed by atoms with van der Waals surface area (Å²) in [6, 6.07) is -3.84. The molecule has 0 radical (unpaired) electrons. The van der Waals surface area contributed by atoms with Crippen LogP contribution in [0, 0.1) is 5.92 Å². The summed E-state index contributed by atoms with van der Waals surface area (Å²) in [5.41, 5.74) is 36.7. The van der Waals surface area contributed by atoms with Crippen LogP contribution in [0.1, 0.15) is 19.8 Å². The van der Waals surface area contributed by atoms with Crippen LogP contribution in [0.15, 0.2) is 0 Å². The highest BCUT2D eigenvalue weighted by Gasteiger charge is 2.55. The normalized spacial score (nSPS) is 53.8. The molecular weight excluding hydrogens is 548 g/mol. The Kier molecular flexibility index (Phi) is 11.0. The summed E-state index contributed by atoms with van der Waals surface area (Å²) in [5.74, 6) is -0.742. The van der Waals surface area contributed by atoms with Crippen molar-refractivity contribution in [3.05, 3.63) is 0 Å². The van der Waals surface area contributed by atoms with Gasteiger partial charge in [0.05, 0.1) is 43.2 Å². The molecule has 1 saturated carbocycles. The molecule has 18 N–H and O–H groups in total. The lowest BCUT2D eigenvalue weighted by atomic mass is 9.72. The third kappa shape index (κ3) is 6.57. The standard InChI is InChI=1S/C24H48N6O11/c1-6(26)19-10(32)3-9(29)20(39-19)13-7(27)2-8(28)15(33)22(13)41-24-18(36)21(12(5-31)38-24)40-23-14(30)17(35)16(34)11(4-25)37-23/h6-24,31-36H,2-5,25-30H2,1H3/t6-,7-,8+,9+,10-,11-,12+,13-,14+,15-,16+,17+,18+,19+,20?,21+,22-,23+,24-/m0/s1. The second-order valence-electron chi connectivity index (χ2n) is 11.8. The van der Waals surface area contributed by atoms with Crippen molar-refractivity contribution in [2.75, 3.05) is 13.2 Å². The van der Waals surface area contributed by atoms with E-state index in [0.717, 1.165) is 0 Å². The van der Waals surface area contributed by atoms with Crippen LogP contribution < -0.4 is 34.4 Å². The van der Waals surface area contributed by atoms with Gasteiger partial charge in [0.25, 0.3) is 0 Å². The molecule has 0 aromatic rings. The lowest BCUT2D eigenvalue weighted by Gasteiger charge is -2.50. The van der Waals surface area contributed by atoms with E-state index < -0.39 is 122 Å². The molecule has 17 heteroatoms. The smallest absolute Gasteiger partial charge is 0.187 e. The molecular formula is C24H48N6O11. The molecule has 4 rings (SSSR count). The Morgan fingerprint density at radius 1 is 0.756 bits per heavy atom. The van der Waals surface area contributed by atoms with Gasteiger partial charge in [-0.05, 0) is 19.8 Å². The summed E-state index contributed by atoms with van der Waals surface area (Å²) in [7, 11) is 0. The lowest BCUT2D eigenvalue weighted by molar-refractivity contribution is -0.280. The average Bonchev–Trinajstić information content (AvgIpc) is 3.21. The fourth-order valence-corrected chi connectivity index (χ4v) is 6.41. The quantitative estimate of drug-likeness (QED) is 0.124. The second kappa shape index (κ2) is 13.5. The minimum atomic E-state index is -1.54. The van der Waals surface area contributed by atoms with Gasteiger partial charge in [-0.1, -0.05) is 0 Å². The first kappa shape index (κ1) is 33.2. The minimum Gasteiger partial charge on any atom is -0.394 e. The van der Waals surface area contributed by atoms with Gasteiger partial charge in [-0.15, -0.1) is 0 Å². The molecule has 3 saturated heterocycles. The molecule has 4 aliphatic rings. The number of rotatable bonds is 8. The topological polar surface area (TPSA) is 324 Å². The van der Waals surface area contributed by atoms with E-state index in [1.54, 1.807) is 6.92 Å². The Hall–Kier alpha value is -0.680. The maximum absolute atomic E-state index is 11.2. The predicted molar refractivity (Wildman–Crippen MR) is 140 cm³/mol. The molecule has 1 unspecified atom stereocenters. The zero-order valence-electron chi connectivity index (χ0n) is 23.0. The molecule has 0 aromatic heterocycles. The molecule has 1 aliphatic carbocycles. The monoisotopic (exact) mass is 596 g/mol. The van der Waals surface area contributed by atoms with Crippen LogP contribution >= 0.6 is 0 Å². The highest BCUT2D eigenvalue weighted by Crippen LogP contribution is 2.38. The van der Waals surface area contributed by atoms with E-state index in [9.17, 15) is 30.6 Å². The van der Waals surface area contributed by atoms with Gasteiger partial charge in [-0.2, -0.15) is 0 Å². The van der Waals surface area contributed by atoms with Gasteiger partial charge >= 0.3 is 0 Å². The van der Waals surface area contributed by atoms with Crippen molar-refractivity contribution >= 4 is 0 Å². The third-order valence-corrected chi connectivity index (χ3v) is 8.75. The molecule has 0 amide bonds. The zero-order valence-corrected chi connectivity index (χ0v) is 23.0. The molecule has 3 aliphatic heterocycles. The Bertz CT molecular complexity index is 850. The number of nitrogens with two attached hydrogens (primary N) is 6. The first-order chi connectivity index (χ1) is 19.3. The summed E-state index contributed by atoms with van der Waals surface area (Å²) in [6.07, 6.45) is -14.9. The maximum Gasteiger partial charge on any atom is 0.187 e. The molecule has 19 atom stereocenters. The van der Waals surface area contributed by atoms with Crippen molar-refractivity contribution < 1.29 is 54.3 Å². The highest BCUT2D eigenvalue weighted by molar-refractivity contribution is 5.06. The summed E-state index contributed by atoms with van der Waals surface area (Å²) in [5, 5.41) is 63.2. The Labute approximate surface area is 237 Å². The Morgan fingerprint density at radius 3 is 2.00 bits per heavy atom. The fourth-order valence-electron chi connectivity index (χ4n) is 6.41. The van der Waals surface area contributed by atoms with E-state index in [4.69, 9.17) is 58.1 Å². The number of hydrogen-bond donors (Lipinski definition) is 12. The number of aliphatic hydroxyl groups is 6. The van der Waals surface area contributed by atoms with Crippen LogP contribution in [0.5, 0.6) is 0 Å². The van der Waals surface area contributed by atoms with E-state index in [1.807, 2.05) is 0 Å². The molecule has 4 fully saturated rings. The van der Waals surface area contributed by atoms with Crippen LogP contribution in [-0.2, 0) is 23.7 Å². The van der Waals surface area contributed by atoms with Crippen LogP contribution in [0.4, 0.5) is 0 Å². The number of aliphatic hydroxyl groups excluding tert-OH is 6. The van der Waals surface area contributed by atoms with Gasteiger partial charge in [0, 0.05) is 36.6 Å². The second-order valence-corrected chi connectivity index (χ2v) is 11.8. The SMILES string of the molecule is C[C@H](N)[C@H]1OC([C@H]2[C@H](O[C@@H]3O[C@H](CO)[C@@H](O[C@H]4O[C@@H](CN)[C@@H](O)[C@H](O)[C@H]4N)[C@H]3O)[C@@H](O)[C@H](N)C[C@@H]2N)[C@H](N)C[C@@H]1O. The third-order valence-electron chi connectivity index (χ3n) is 8.75. The van der Waals surface area contributed by atoms with E-state index in [-0.39, 0.29) is 19.4 Å². The van der Waals surface area contributed by atoms with E-state index in [0.29, 0.717) is 0 Å². The van der Waals surface area contributed by atoms with Crippen molar-refractivity contribution in [3.8, 4) is 0 Å². The summed E-state index contributed by atoms with van der Waals surface area (Å²) in [4.78, 5) is 0. The average molecular weight is 597 g/mol. The largest absolute Gasteiger partial charge is 0.394 e. The number of hydrogen-bond acceptors (Lipinski definition) is 17. The summed E-state index contributed by atoms with van der Waals surface area (Å²) in [6.45, 7) is 0.948. The van der Waals surface area contributed by atoms with Gasteiger partial charge in [-0.25, -0.2) is 0 Å². The van der Waals surface area contributed by atoms with Crippen LogP contribution in [0.3, 0.4) is 0 Å². The molecule has 0 spiro atoms. The van der Waals surface area contributed by atoms with Crippen LogP contribution in [0.25, 0.3) is 0 Å². The maximum atomic E-state index is 11.2. The predicted octanol–water partition coefficient (Wildman–Crippen LogP) is -7.20. The van der Waals surface area contributed by atoms with Gasteiger partial charge in [0.1, 0.15) is 36.6 Å². The van der Waals surface area contributed by atoms with Gasteiger partial charge in [0.15, 0.2) is 12.6 Å². The fraction of sp³-hybridized carbons (Fsp3) is 1.00. The van der Waals surface area contributed by atoms with E-state index >= 15 is 0 Å². The van der Waals surface area contributed by atoms with Gasteiger partial charge in [0.2, 0.25) is 0 Å². The van der Waals surface area contributed by atoms with Crippen LogP contribution in [0.2, 0.25) is 0 Å². The lowest BCUT2D eigenvalue weighted by Crippen LogP contribution is -2.68. The molecule has 17 nitrogen and oxygen atoms in total. The molecule has 0 bridgehead atoms. The Morgan fingerprint density at radius 2 is 1.39 bits per heavy atom. The van der Waals surface area contributed by atoms with Gasteiger partial charge < -0.3 is 88.7 Å². The minimum absolute atomic E-state index is 0.142. The van der Waals surface area contributed by atoms with Crippen molar-refractivity contribution in [1.82, 2.24) is 0 Å². The van der Waals surface area contributed by atoms with E-state index in [1.165, 1.54) is 0 Å². The van der Waals surface area contributed by atoms with Gasteiger partial charge in [-0.3, -0.25) is 0 Å². The first-order valence-electron chi connectivity index (χ1n) is 14.1. The molecule has 3 heterocycles. The molecule has 0 aromatic carbocycles. The molecule has 41 heavy (non-hydrogen) atoms. The van der Waals surface area contributed by atoms with Crippen molar-refractivity contribution in [3.63, 3.8) is 0 Å². The number of ether oxygens (including phenoxy) is 5. The van der Waals surface area contributed by atoms with E-state index in [2.05, 4.69) is 0 Å².